The number of carbonyl (C=O) groups is 2. The van der Waals surface area contributed by atoms with Gasteiger partial charge in [0.25, 0.3) is 5.91 Å². The summed E-state index contributed by atoms with van der Waals surface area (Å²) in [4.78, 5) is 24.9. The molecule has 1 atom stereocenters. The van der Waals surface area contributed by atoms with Crippen LogP contribution in [-0.4, -0.2) is 35.8 Å². The number of hydrogen-bond acceptors (Lipinski definition) is 2. The molecule has 2 rings (SSSR count). The van der Waals surface area contributed by atoms with Crippen LogP contribution in [-0.2, 0) is 4.79 Å². The predicted octanol–water partition coefficient (Wildman–Crippen LogP) is 0.786. The number of nitrogens with one attached hydrogen (secondary N) is 1. The van der Waals surface area contributed by atoms with Crippen LogP contribution in [0.15, 0.2) is 24.3 Å². The summed E-state index contributed by atoms with van der Waals surface area (Å²) in [7, 11) is 0. The topological polar surface area (TPSA) is 49.4 Å². The van der Waals surface area contributed by atoms with E-state index in [4.69, 9.17) is 0 Å². The normalized spacial score (nSPS) is 20.0. The summed E-state index contributed by atoms with van der Waals surface area (Å²) in [5, 5.41) is 2.66. The van der Waals surface area contributed by atoms with Gasteiger partial charge in [-0.25, -0.2) is 4.39 Å². The molecular formula is C12H13FN2O2. The van der Waals surface area contributed by atoms with E-state index in [1.165, 1.54) is 23.1 Å². The van der Waals surface area contributed by atoms with Gasteiger partial charge in [-0.2, -0.15) is 0 Å². The minimum absolute atomic E-state index is 0.00838. The van der Waals surface area contributed by atoms with Crippen LogP contribution in [0, 0.1) is 5.82 Å². The van der Waals surface area contributed by atoms with Crippen molar-refractivity contribution < 1.29 is 14.0 Å². The maximum Gasteiger partial charge on any atom is 0.257 e. The predicted molar refractivity (Wildman–Crippen MR) is 59.9 cm³/mol. The Labute approximate surface area is 98.4 Å². The highest BCUT2D eigenvalue weighted by molar-refractivity contribution is 5.98. The number of piperazine rings is 1. The Morgan fingerprint density at radius 1 is 1.47 bits per heavy atom. The highest BCUT2D eigenvalue weighted by atomic mass is 19.1. The Bertz CT molecular complexity index is 462. The molecule has 5 heteroatoms. The van der Waals surface area contributed by atoms with Crippen molar-refractivity contribution in [2.24, 2.45) is 0 Å². The van der Waals surface area contributed by atoms with Crippen molar-refractivity contribution in [2.45, 2.75) is 13.0 Å². The van der Waals surface area contributed by atoms with Gasteiger partial charge in [-0.05, 0) is 19.1 Å². The van der Waals surface area contributed by atoms with E-state index in [0.29, 0.717) is 13.1 Å². The first-order valence-corrected chi connectivity index (χ1v) is 5.44. The van der Waals surface area contributed by atoms with Crippen LogP contribution >= 0.6 is 0 Å². The SMILES string of the molecule is CC1C(=O)NCCN1C(=O)c1ccccc1F. The zero-order chi connectivity index (χ0) is 12.4. The van der Waals surface area contributed by atoms with Gasteiger partial charge in [0, 0.05) is 13.1 Å². The van der Waals surface area contributed by atoms with Crippen molar-refractivity contribution in [3.63, 3.8) is 0 Å². The van der Waals surface area contributed by atoms with Gasteiger partial charge in [-0.3, -0.25) is 9.59 Å². The second kappa shape index (κ2) is 4.53. The second-order valence-corrected chi connectivity index (χ2v) is 3.95. The molecule has 1 heterocycles. The third-order valence-corrected chi connectivity index (χ3v) is 2.86. The number of halogens is 1. The summed E-state index contributed by atoms with van der Waals surface area (Å²) in [5.41, 5.74) is 0.00838. The number of hydrogen-bond donors (Lipinski definition) is 1. The molecule has 1 aliphatic rings. The Balaban J connectivity index is 2.26. The zero-order valence-corrected chi connectivity index (χ0v) is 9.44. The third-order valence-electron chi connectivity index (χ3n) is 2.86. The first-order valence-electron chi connectivity index (χ1n) is 5.44. The van der Waals surface area contributed by atoms with Crippen molar-refractivity contribution in [3.8, 4) is 0 Å². The van der Waals surface area contributed by atoms with Crippen molar-refractivity contribution in [1.29, 1.82) is 0 Å². The summed E-state index contributed by atoms with van der Waals surface area (Å²) >= 11 is 0. The molecule has 1 saturated heterocycles. The lowest BCUT2D eigenvalue weighted by molar-refractivity contribution is -0.127. The van der Waals surface area contributed by atoms with Crippen LogP contribution in [0.1, 0.15) is 17.3 Å². The van der Waals surface area contributed by atoms with E-state index >= 15 is 0 Å². The van der Waals surface area contributed by atoms with E-state index in [-0.39, 0.29) is 11.5 Å². The highest BCUT2D eigenvalue weighted by Crippen LogP contribution is 2.13. The van der Waals surface area contributed by atoms with Crippen LogP contribution in [0.3, 0.4) is 0 Å². The lowest BCUT2D eigenvalue weighted by atomic mass is 10.1. The molecule has 1 aromatic rings. The van der Waals surface area contributed by atoms with Gasteiger partial charge in [-0.15, -0.1) is 0 Å². The maximum absolute atomic E-state index is 13.5. The van der Waals surface area contributed by atoms with E-state index in [0.717, 1.165) is 0 Å². The Hall–Kier alpha value is -1.91. The third kappa shape index (κ3) is 2.13. The van der Waals surface area contributed by atoms with Gasteiger partial charge in [0.1, 0.15) is 11.9 Å². The van der Waals surface area contributed by atoms with Crippen molar-refractivity contribution >= 4 is 11.8 Å². The lowest BCUT2D eigenvalue weighted by Gasteiger charge is -2.32. The second-order valence-electron chi connectivity index (χ2n) is 3.95. The van der Waals surface area contributed by atoms with Gasteiger partial charge in [0.15, 0.2) is 0 Å². The monoisotopic (exact) mass is 236 g/mol. The van der Waals surface area contributed by atoms with E-state index in [9.17, 15) is 14.0 Å². The van der Waals surface area contributed by atoms with Crippen LogP contribution in [0.25, 0.3) is 0 Å². The van der Waals surface area contributed by atoms with E-state index in [1.54, 1.807) is 13.0 Å². The fourth-order valence-electron chi connectivity index (χ4n) is 1.85. The first kappa shape index (κ1) is 11.6. The first-order chi connectivity index (χ1) is 8.11. The molecule has 0 radical (unpaired) electrons. The number of amides is 2. The molecule has 0 spiro atoms. The Morgan fingerprint density at radius 3 is 2.88 bits per heavy atom. The molecule has 2 amide bonds. The zero-order valence-electron chi connectivity index (χ0n) is 9.44. The molecule has 4 nitrogen and oxygen atoms in total. The molecule has 1 fully saturated rings. The minimum Gasteiger partial charge on any atom is -0.353 e. The Morgan fingerprint density at radius 2 is 2.18 bits per heavy atom. The van der Waals surface area contributed by atoms with Crippen molar-refractivity contribution in [1.82, 2.24) is 10.2 Å². The largest absolute Gasteiger partial charge is 0.353 e. The summed E-state index contributed by atoms with van der Waals surface area (Å²) < 4.78 is 13.5. The molecule has 0 aromatic heterocycles. The molecule has 17 heavy (non-hydrogen) atoms. The number of benzene rings is 1. The summed E-state index contributed by atoms with van der Waals surface area (Å²) in [5.74, 6) is -1.21. The molecule has 1 N–H and O–H groups in total. The fourth-order valence-corrected chi connectivity index (χ4v) is 1.85. The van der Waals surface area contributed by atoms with Gasteiger partial charge in [0.2, 0.25) is 5.91 Å². The summed E-state index contributed by atoms with van der Waals surface area (Å²) in [6.07, 6.45) is 0. The van der Waals surface area contributed by atoms with Crippen molar-refractivity contribution in [3.05, 3.63) is 35.6 Å². The lowest BCUT2D eigenvalue weighted by Crippen LogP contribution is -2.55. The maximum atomic E-state index is 13.5. The van der Waals surface area contributed by atoms with E-state index in [1.807, 2.05) is 0 Å². The molecular weight excluding hydrogens is 223 g/mol. The quantitative estimate of drug-likeness (QED) is 0.783. The Kier molecular flexibility index (Phi) is 3.08. The van der Waals surface area contributed by atoms with Crippen LogP contribution in [0.5, 0.6) is 0 Å². The van der Waals surface area contributed by atoms with Gasteiger partial charge < -0.3 is 10.2 Å². The minimum atomic E-state index is -0.560. The number of rotatable bonds is 1. The van der Waals surface area contributed by atoms with Gasteiger partial charge in [0.05, 0.1) is 5.56 Å². The van der Waals surface area contributed by atoms with E-state index in [2.05, 4.69) is 5.32 Å². The number of carbonyl (C=O) groups excluding carboxylic acids is 2. The van der Waals surface area contributed by atoms with Crippen LogP contribution in [0.2, 0.25) is 0 Å². The smallest absolute Gasteiger partial charge is 0.257 e. The fraction of sp³-hybridized carbons (Fsp3) is 0.333. The molecule has 1 aromatic carbocycles. The standard InChI is InChI=1S/C12H13FN2O2/c1-8-11(16)14-6-7-15(8)12(17)9-4-2-3-5-10(9)13/h2-5,8H,6-7H2,1H3,(H,14,16). The van der Waals surface area contributed by atoms with Gasteiger partial charge in [-0.1, -0.05) is 12.1 Å². The summed E-state index contributed by atoms with van der Waals surface area (Å²) in [6.45, 7) is 2.44. The molecule has 1 aliphatic heterocycles. The summed E-state index contributed by atoms with van der Waals surface area (Å²) in [6, 6.07) is 5.23. The highest BCUT2D eigenvalue weighted by Gasteiger charge is 2.30. The molecule has 0 aliphatic carbocycles. The van der Waals surface area contributed by atoms with Crippen molar-refractivity contribution in [2.75, 3.05) is 13.1 Å². The molecule has 90 valence electrons. The van der Waals surface area contributed by atoms with Crippen LogP contribution < -0.4 is 5.32 Å². The average Bonchev–Trinajstić information content (AvgIpc) is 2.32. The number of nitrogens with zero attached hydrogens (tertiary/aromatic N) is 1. The molecule has 1 unspecified atom stereocenters. The van der Waals surface area contributed by atoms with E-state index < -0.39 is 17.8 Å². The molecule has 0 saturated carbocycles. The average molecular weight is 236 g/mol. The van der Waals surface area contributed by atoms with Crippen LogP contribution in [0.4, 0.5) is 4.39 Å². The van der Waals surface area contributed by atoms with Gasteiger partial charge >= 0.3 is 0 Å². The molecule has 0 bridgehead atoms.